The average Bonchev–Trinajstić information content (AvgIpc) is 2.96. The van der Waals surface area contributed by atoms with Crippen molar-refractivity contribution in [3.63, 3.8) is 0 Å². The molecular formula is C19H20ClN3O2S. The number of halogens is 1. The molecule has 0 aliphatic carbocycles. The van der Waals surface area contributed by atoms with Crippen LogP contribution in [0.4, 0.5) is 5.13 Å². The summed E-state index contributed by atoms with van der Waals surface area (Å²) in [6, 6.07) is 9.10. The van der Waals surface area contributed by atoms with E-state index in [1.165, 1.54) is 17.4 Å². The highest BCUT2D eigenvalue weighted by Crippen LogP contribution is 2.30. The second-order valence-electron chi connectivity index (χ2n) is 6.46. The number of aromatic nitrogens is 1. The molecule has 0 saturated heterocycles. The summed E-state index contributed by atoms with van der Waals surface area (Å²) in [4.78, 5) is 19.1. The number of phenols is 1. The van der Waals surface area contributed by atoms with E-state index in [2.05, 4.69) is 10.3 Å². The molecule has 5 nitrogen and oxygen atoms in total. The Hall–Kier alpha value is -2.15. The first kappa shape index (κ1) is 18.6. The number of likely N-dealkylation sites (N-methyl/N-ethyl adjacent to an activating group) is 1. The maximum absolute atomic E-state index is 12.6. The predicted molar refractivity (Wildman–Crippen MR) is 108 cm³/mol. The number of hydrogen-bond acceptors (Lipinski definition) is 5. The molecule has 1 aromatic heterocycles. The van der Waals surface area contributed by atoms with Gasteiger partial charge in [0.2, 0.25) is 0 Å². The van der Waals surface area contributed by atoms with Gasteiger partial charge in [-0.3, -0.25) is 10.1 Å². The summed E-state index contributed by atoms with van der Waals surface area (Å²) in [5.74, 6) is -0.461. The van der Waals surface area contributed by atoms with Crippen LogP contribution in [0.1, 0.15) is 21.5 Å². The molecule has 2 N–H and O–H groups in total. The Kier molecular flexibility index (Phi) is 5.46. The highest BCUT2D eigenvalue weighted by molar-refractivity contribution is 7.22. The summed E-state index contributed by atoms with van der Waals surface area (Å²) < 4.78 is 1.00. The molecule has 0 spiro atoms. The summed E-state index contributed by atoms with van der Waals surface area (Å²) in [7, 11) is 3.90. The van der Waals surface area contributed by atoms with Crippen molar-refractivity contribution in [1.29, 1.82) is 0 Å². The quantitative estimate of drug-likeness (QED) is 0.682. The fourth-order valence-electron chi connectivity index (χ4n) is 2.61. The van der Waals surface area contributed by atoms with E-state index in [4.69, 9.17) is 11.6 Å². The molecular weight excluding hydrogens is 370 g/mol. The van der Waals surface area contributed by atoms with Crippen molar-refractivity contribution in [3.8, 4) is 5.75 Å². The minimum atomic E-state index is -0.424. The molecule has 1 heterocycles. The van der Waals surface area contributed by atoms with Gasteiger partial charge in [0.1, 0.15) is 5.75 Å². The van der Waals surface area contributed by atoms with E-state index >= 15 is 0 Å². The Bertz CT molecular complexity index is 969. The Labute approximate surface area is 161 Å². The second-order valence-corrected chi connectivity index (χ2v) is 7.93. The molecule has 3 aromatic rings. The predicted octanol–water partition coefficient (Wildman–Crippen LogP) is 4.32. The summed E-state index contributed by atoms with van der Waals surface area (Å²) >= 11 is 7.55. The number of aryl methyl sites for hydroxylation is 1. The van der Waals surface area contributed by atoms with E-state index in [-0.39, 0.29) is 11.3 Å². The molecule has 26 heavy (non-hydrogen) atoms. The molecule has 136 valence electrons. The summed E-state index contributed by atoms with van der Waals surface area (Å²) in [5, 5.41) is 14.2. The zero-order chi connectivity index (χ0) is 18.8. The first-order valence-electron chi connectivity index (χ1n) is 8.18. The fourth-order valence-corrected chi connectivity index (χ4v) is 3.81. The number of hydrogen-bond donors (Lipinski definition) is 2. The van der Waals surface area contributed by atoms with E-state index in [9.17, 15) is 9.90 Å². The van der Waals surface area contributed by atoms with Crippen LogP contribution in [0.2, 0.25) is 5.02 Å². The van der Waals surface area contributed by atoms with Gasteiger partial charge in [-0.15, -0.1) is 0 Å². The van der Waals surface area contributed by atoms with Crippen LogP contribution in [-0.2, 0) is 6.42 Å². The van der Waals surface area contributed by atoms with Crippen molar-refractivity contribution < 1.29 is 9.90 Å². The van der Waals surface area contributed by atoms with E-state index in [0.29, 0.717) is 22.1 Å². The topological polar surface area (TPSA) is 65.5 Å². The zero-order valence-electron chi connectivity index (χ0n) is 14.8. The van der Waals surface area contributed by atoms with Crippen LogP contribution in [-0.4, -0.2) is 41.5 Å². The van der Waals surface area contributed by atoms with Gasteiger partial charge in [-0.1, -0.05) is 29.0 Å². The molecule has 0 radical (unpaired) electrons. The van der Waals surface area contributed by atoms with Crippen LogP contribution in [0, 0.1) is 6.92 Å². The van der Waals surface area contributed by atoms with Crippen molar-refractivity contribution in [1.82, 2.24) is 9.88 Å². The lowest BCUT2D eigenvalue weighted by atomic mass is 10.1. The highest BCUT2D eigenvalue weighted by Gasteiger charge is 2.18. The monoisotopic (exact) mass is 389 g/mol. The number of phenolic OH excluding ortho intramolecular Hbond substituents is 1. The molecule has 0 aliphatic rings. The van der Waals surface area contributed by atoms with Crippen LogP contribution in [0.25, 0.3) is 10.2 Å². The maximum Gasteiger partial charge on any atom is 0.261 e. The molecule has 3 rings (SSSR count). The molecule has 0 fully saturated rings. The molecule has 2 aromatic carbocycles. The Morgan fingerprint density at radius 2 is 2.08 bits per heavy atom. The Morgan fingerprint density at radius 3 is 2.81 bits per heavy atom. The van der Waals surface area contributed by atoms with Crippen molar-refractivity contribution in [2.75, 3.05) is 26.0 Å². The number of fused-ring (bicyclic) bond motifs is 1. The largest absolute Gasteiger partial charge is 0.507 e. The lowest BCUT2D eigenvalue weighted by Gasteiger charge is -2.13. The van der Waals surface area contributed by atoms with Crippen LogP contribution in [0.3, 0.4) is 0 Å². The number of aromatic hydroxyl groups is 1. The smallest absolute Gasteiger partial charge is 0.261 e. The third-order valence-electron chi connectivity index (χ3n) is 3.99. The minimum Gasteiger partial charge on any atom is -0.507 e. The molecule has 1 amide bonds. The third kappa shape index (κ3) is 4.15. The number of nitrogens with zero attached hydrogens (tertiary/aromatic N) is 2. The number of amides is 1. The molecule has 0 bridgehead atoms. The van der Waals surface area contributed by atoms with Gasteiger partial charge in [0.05, 0.1) is 15.8 Å². The standard InChI is InChI=1S/C19H20ClN3O2S/c1-11-4-5-15-16(8-11)26-19(21-15)22-18(25)14-10-13(20)9-12(17(14)24)6-7-23(2)3/h4-5,8-10,24H,6-7H2,1-3H3,(H,21,22,25). The third-order valence-corrected chi connectivity index (χ3v) is 5.14. The number of carbonyl (C=O) groups is 1. The molecule has 0 atom stereocenters. The van der Waals surface area contributed by atoms with Crippen LogP contribution < -0.4 is 5.32 Å². The number of anilines is 1. The number of carbonyl (C=O) groups excluding carboxylic acids is 1. The van der Waals surface area contributed by atoms with Gasteiger partial charge in [0.15, 0.2) is 5.13 Å². The number of benzene rings is 2. The van der Waals surface area contributed by atoms with Gasteiger partial charge in [0.25, 0.3) is 5.91 Å². The average molecular weight is 390 g/mol. The zero-order valence-corrected chi connectivity index (χ0v) is 16.4. The van der Waals surface area contributed by atoms with Crippen LogP contribution >= 0.6 is 22.9 Å². The maximum atomic E-state index is 12.6. The first-order chi connectivity index (χ1) is 12.3. The molecule has 0 saturated carbocycles. The van der Waals surface area contributed by atoms with Gasteiger partial charge in [-0.2, -0.15) is 0 Å². The number of thiazole rings is 1. The van der Waals surface area contributed by atoms with Crippen molar-refractivity contribution in [2.24, 2.45) is 0 Å². The van der Waals surface area contributed by atoms with Gasteiger partial charge in [0, 0.05) is 11.6 Å². The van der Waals surface area contributed by atoms with Gasteiger partial charge >= 0.3 is 0 Å². The normalized spacial score (nSPS) is 11.3. The van der Waals surface area contributed by atoms with Crippen LogP contribution in [0.5, 0.6) is 5.75 Å². The first-order valence-corrected chi connectivity index (χ1v) is 9.37. The molecule has 0 aliphatic heterocycles. The van der Waals surface area contributed by atoms with Crippen molar-refractivity contribution in [2.45, 2.75) is 13.3 Å². The van der Waals surface area contributed by atoms with Crippen LogP contribution in [0.15, 0.2) is 30.3 Å². The van der Waals surface area contributed by atoms with Gasteiger partial charge < -0.3 is 10.0 Å². The lowest BCUT2D eigenvalue weighted by Crippen LogP contribution is -2.16. The number of rotatable bonds is 5. The molecule has 0 unspecified atom stereocenters. The van der Waals surface area contributed by atoms with Gasteiger partial charge in [-0.25, -0.2) is 4.98 Å². The SMILES string of the molecule is Cc1ccc2nc(NC(=O)c3cc(Cl)cc(CCN(C)C)c3O)sc2c1. The lowest BCUT2D eigenvalue weighted by molar-refractivity contribution is 0.102. The Morgan fingerprint density at radius 1 is 1.31 bits per heavy atom. The van der Waals surface area contributed by atoms with E-state index in [1.807, 2.05) is 44.1 Å². The second kappa shape index (κ2) is 7.61. The number of nitrogens with one attached hydrogen (secondary N) is 1. The van der Waals surface area contributed by atoms with Crippen molar-refractivity contribution in [3.05, 3.63) is 52.0 Å². The summed E-state index contributed by atoms with van der Waals surface area (Å²) in [6.45, 7) is 2.75. The summed E-state index contributed by atoms with van der Waals surface area (Å²) in [5.41, 5.74) is 2.77. The Balaban J connectivity index is 1.86. The van der Waals surface area contributed by atoms with E-state index in [1.54, 1.807) is 6.07 Å². The van der Waals surface area contributed by atoms with Gasteiger partial charge in [-0.05, 0) is 62.8 Å². The highest BCUT2D eigenvalue weighted by atomic mass is 35.5. The van der Waals surface area contributed by atoms with Crippen molar-refractivity contribution >= 4 is 44.2 Å². The summed E-state index contributed by atoms with van der Waals surface area (Å²) in [6.07, 6.45) is 0.597. The van der Waals surface area contributed by atoms with E-state index in [0.717, 1.165) is 22.3 Å². The fraction of sp³-hybridized carbons (Fsp3) is 0.263. The molecule has 7 heteroatoms. The minimum absolute atomic E-state index is 0.0364. The van der Waals surface area contributed by atoms with E-state index < -0.39 is 5.91 Å².